The van der Waals surface area contributed by atoms with Gasteiger partial charge >= 0.3 is 0 Å². The molecule has 30 heavy (non-hydrogen) atoms. The summed E-state index contributed by atoms with van der Waals surface area (Å²) in [6.07, 6.45) is 0. The van der Waals surface area contributed by atoms with Gasteiger partial charge in [0.05, 0.1) is 24.7 Å². The molecule has 1 saturated heterocycles. The first kappa shape index (κ1) is 20.4. The zero-order valence-corrected chi connectivity index (χ0v) is 17.8. The highest BCUT2D eigenvalue weighted by Crippen LogP contribution is 2.35. The summed E-state index contributed by atoms with van der Waals surface area (Å²) in [7, 11) is -3.89. The number of aromatic nitrogens is 1. The Kier molecular flexibility index (Phi) is 5.78. The fourth-order valence-corrected chi connectivity index (χ4v) is 4.57. The average molecular weight is 429 g/mol. The van der Waals surface area contributed by atoms with E-state index in [0.29, 0.717) is 38.7 Å². The summed E-state index contributed by atoms with van der Waals surface area (Å²) in [5.74, 6) is 1.15. The zero-order valence-electron chi connectivity index (χ0n) is 17.0. The minimum absolute atomic E-state index is 0.0795. The summed E-state index contributed by atoms with van der Waals surface area (Å²) in [5.41, 5.74) is 1.82. The molecule has 8 heteroatoms. The van der Waals surface area contributed by atoms with Crippen LogP contribution in [-0.4, -0.2) is 46.3 Å². The smallest absolute Gasteiger partial charge is 0.236 e. The maximum absolute atomic E-state index is 13.4. The van der Waals surface area contributed by atoms with Gasteiger partial charge in [-0.25, -0.2) is 8.42 Å². The highest BCUT2D eigenvalue weighted by atomic mass is 32.2. The van der Waals surface area contributed by atoms with E-state index in [-0.39, 0.29) is 21.7 Å². The van der Waals surface area contributed by atoms with Crippen LogP contribution in [0.2, 0.25) is 0 Å². The molecule has 0 aliphatic carbocycles. The van der Waals surface area contributed by atoms with Crippen LogP contribution in [0.25, 0.3) is 11.5 Å². The van der Waals surface area contributed by atoms with Gasteiger partial charge in [0.1, 0.15) is 5.75 Å². The second-order valence-corrected chi connectivity index (χ2v) is 8.87. The Labute approximate surface area is 176 Å². The number of aryl methyl sites for hydroxylation is 1. The first-order valence-corrected chi connectivity index (χ1v) is 11.4. The molecular weight excluding hydrogens is 404 g/mol. The van der Waals surface area contributed by atoms with Gasteiger partial charge in [-0.1, -0.05) is 17.7 Å². The van der Waals surface area contributed by atoms with E-state index in [1.807, 2.05) is 43.0 Å². The van der Waals surface area contributed by atoms with E-state index in [0.717, 1.165) is 11.1 Å². The Bertz CT molecular complexity index is 1100. The van der Waals surface area contributed by atoms with Crippen LogP contribution in [0.15, 0.2) is 62.9 Å². The van der Waals surface area contributed by atoms with Gasteiger partial charge in [0.2, 0.25) is 26.6 Å². The largest absolute Gasteiger partial charge is 0.494 e. The topological polar surface area (TPSA) is 81.9 Å². The maximum atomic E-state index is 13.4. The van der Waals surface area contributed by atoms with Crippen molar-refractivity contribution in [3.63, 3.8) is 0 Å². The van der Waals surface area contributed by atoms with Gasteiger partial charge in [0.15, 0.2) is 0 Å². The second kappa shape index (κ2) is 8.49. The molecule has 1 aliphatic rings. The highest BCUT2D eigenvalue weighted by Gasteiger charge is 2.32. The number of benzene rings is 2. The van der Waals surface area contributed by atoms with Crippen LogP contribution in [0, 0.1) is 6.92 Å². The standard InChI is InChI=1S/C22H24N2O5S/c1-3-28-18-8-10-19(11-9-18)30(25,26)21-22(24-12-14-27-15-13-24)29-20(23-21)17-6-4-16(2)5-7-17/h4-11H,3,12-15H2,1-2H3. The van der Waals surface area contributed by atoms with Crippen molar-refractivity contribution < 1.29 is 22.3 Å². The minimum atomic E-state index is -3.89. The number of hydrogen-bond donors (Lipinski definition) is 0. The Morgan fingerprint density at radius 1 is 1.03 bits per heavy atom. The van der Waals surface area contributed by atoms with Crippen LogP contribution in [-0.2, 0) is 14.6 Å². The monoisotopic (exact) mass is 428 g/mol. The molecule has 1 aromatic heterocycles. The lowest BCUT2D eigenvalue weighted by Crippen LogP contribution is -2.36. The van der Waals surface area contributed by atoms with Crippen LogP contribution < -0.4 is 9.64 Å². The van der Waals surface area contributed by atoms with Crippen molar-refractivity contribution >= 4 is 15.7 Å². The first-order chi connectivity index (χ1) is 14.5. The molecule has 0 N–H and O–H groups in total. The van der Waals surface area contributed by atoms with Crippen LogP contribution in [0.3, 0.4) is 0 Å². The second-order valence-electron chi connectivity index (χ2n) is 7.00. The van der Waals surface area contributed by atoms with Gasteiger partial charge in [0, 0.05) is 18.7 Å². The summed E-state index contributed by atoms with van der Waals surface area (Å²) < 4.78 is 43.7. The molecule has 1 aliphatic heterocycles. The number of nitrogens with zero attached hydrogens (tertiary/aromatic N) is 2. The molecule has 2 aromatic carbocycles. The molecule has 7 nitrogen and oxygen atoms in total. The molecule has 0 unspecified atom stereocenters. The summed E-state index contributed by atoms with van der Waals surface area (Å²) >= 11 is 0. The van der Waals surface area contributed by atoms with Crippen LogP contribution in [0.4, 0.5) is 5.88 Å². The number of anilines is 1. The van der Waals surface area contributed by atoms with E-state index in [1.54, 1.807) is 12.1 Å². The van der Waals surface area contributed by atoms with Crippen LogP contribution in [0.1, 0.15) is 12.5 Å². The van der Waals surface area contributed by atoms with Crippen molar-refractivity contribution in [2.24, 2.45) is 0 Å². The number of rotatable bonds is 6. The molecule has 1 fully saturated rings. The SMILES string of the molecule is CCOc1ccc(S(=O)(=O)c2nc(-c3ccc(C)cc3)oc2N2CCOCC2)cc1. The van der Waals surface area contributed by atoms with E-state index >= 15 is 0 Å². The number of hydrogen-bond acceptors (Lipinski definition) is 7. The molecule has 0 saturated carbocycles. The molecule has 4 rings (SSSR count). The zero-order chi connectivity index (χ0) is 21.1. The molecule has 0 radical (unpaired) electrons. The van der Waals surface area contributed by atoms with Gasteiger partial charge in [-0.15, -0.1) is 0 Å². The molecule has 0 atom stereocenters. The van der Waals surface area contributed by atoms with E-state index in [9.17, 15) is 8.42 Å². The van der Waals surface area contributed by atoms with E-state index in [1.165, 1.54) is 12.1 Å². The van der Waals surface area contributed by atoms with Gasteiger partial charge in [-0.05, 0) is 50.2 Å². The quantitative estimate of drug-likeness (QED) is 0.592. The predicted molar refractivity (Wildman–Crippen MR) is 113 cm³/mol. The Balaban J connectivity index is 1.78. The third kappa shape index (κ3) is 4.06. The molecule has 0 bridgehead atoms. The molecule has 0 amide bonds. The van der Waals surface area contributed by atoms with Gasteiger partial charge < -0.3 is 18.8 Å². The van der Waals surface area contributed by atoms with Crippen molar-refractivity contribution in [1.82, 2.24) is 4.98 Å². The predicted octanol–water partition coefficient (Wildman–Crippen LogP) is 3.72. The lowest BCUT2D eigenvalue weighted by molar-refractivity contribution is 0.120. The third-order valence-electron chi connectivity index (χ3n) is 4.88. The lowest BCUT2D eigenvalue weighted by Gasteiger charge is -2.26. The average Bonchev–Trinajstić information content (AvgIpc) is 3.22. The lowest BCUT2D eigenvalue weighted by atomic mass is 10.1. The summed E-state index contributed by atoms with van der Waals surface area (Å²) in [6, 6.07) is 14.0. The Hall–Kier alpha value is -2.84. The minimum Gasteiger partial charge on any atom is -0.494 e. The third-order valence-corrected chi connectivity index (χ3v) is 6.54. The van der Waals surface area contributed by atoms with Crippen molar-refractivity contribution in [2.45, 2.75) is 23.8 Å². The fraction of sp³-hybridized carbons (Fsp3) is 0.318. The summed E-state index contributed by atoms with van der Waals surface area (Å²) in [5, 5.41) is -0.0795. The summed E-state index contributed by atoms with van der Waals surface area (Å²) in [4.78, 5) is 6.44. The van der Waals surface area contributed by atoms with Gasteiger partial charge in [0.25, 0.3) is 0 Å². The van der Waals surface area contributed by atoms with E-state index in [4.69, 9.17) is 13.9 Å². The molecular formula is C22H24N2O5S. The normalized spacial score (nSPS) is 14.7. The number of ether oxygens (including phenoxy) is 2. The van der Waals surface area contributed by atoms with Gasteiger partial charge in [-0.2, -0.15) is 4.98 Å². The number of oxazole rings is 1. The fourth-order valence-electron chi connectivity index (χ4n) is 3.25. The van der Waals surface area contributed by atoms with Crippen molar-refractivity contribution in [2.75, 3.05) is 37.8 Å². The Morgan fingerprint density at radius 2 is 1.70 bits per heavy atom. The van der Waals surface area contributed by atoms with Crippen molar-refractivity contribution in [3.8, 4) is 17.2 Å². The van der Waals surface area contributed by atoms with Gasteiger partial charge in [-0.3, -0.25) is 0 Å². The maximum Gasteiger partial charge on any atom is 0.236 e. The molecule has 2 heterocycles. The molecule has 158 valence electrons. The van der Waals surface area contributed by atoms with Crippen LogP contribution >= 0.6 is 0 Å². The van der Waals surface area contributed by atoms with E-state index < -0.39 is 9.84 Å². The van der Waals surface area contributed by atoms with Crippen molar-refractivity contribution in [3.05, 3.63) is 54.1 Å². The number of morpholine rings is 1. The van der Waals surface area contributed by atoms with Crippen LogP contribution in [0.5, 0.6) is 5.75 Å². The summed E-state index contributed by atoms with van der Waals surface area (Å²) in [6.45, 7) is 6.45. The van der Waals surface area contributed by atoms with Crippen molar-refractivity contribution in [1.29, 1.82) is 0 Å². The molecule has 0 spiro atoms. The molecule has 3 aromatic rings. The first-order valence-electron chi connectivity index (χ1n) is 9.87. The highest BCUT2D eigenvalue weighted by molar-refractivity contribution is 7.91. The van der Waals surface area contributed by atoms with E-state index in [2.05, 4.69) is 4.98 Å². The Morgan fingerprint density at radius 3 is 2.33 bits per heavy atom. The number of sulfone groups is 1.